The van der Waals surface area contributed by atoms with Gasteiger partial charge in [-0.2, -0.15) is 10.2 Å². The van der Waals surface area contributed by atoms with E-state index in [1.165, 1.54) is 12.8 Å². The van der Waals surface area contributed by atoms with Crippen LogP contribution >= 0.6 is 0 Å². The van der Waals surface area contributed by atoms with E-state index < -0.39 is 0 Å². The Hall–Kier alpha value is -7.96. The van der Waals surface area contributed by atoms with Crippen molar-refractivity contribution in [1.29, 1.82) is 0 Å². The first-order valence-corrected chi connectivity index (χ1v) is 26.4. The van der Waals surface area contributed by atoms with Crippen LogP contribution in [0.5, 0.6) is 11.5 Å². The Morgan fingerprint density at radius 3 is 1.42 bits per heavy atom. The molecule has 1 aliphatic rings. The molecule has 9 rings (SSSR count). The Bertz CT molecular complexity index is 3470. The third-order valence-electron chi connectivity index (χ3n) is 14.5. The van der Waals surface area contributed by atoms with E-state index in [2.05, 4.69) is 105 Å². The Morgan fingerprint density at radius 2 is 1.04 bits per heavy atom. The highest BCUT2D eigenvalue weighted by Gasteiger charge is 2.25. The van der Waals surface area contributed by atoms with Crippen molar-refractivity contribution in [2.45, 2.75) is 106 Å². The molecule has 1 fully saturated rings. The van der Waals surface area contributed by atoms with Crippen LogP contribution in [0.2, 0.25) is 0 Å². The third-order valence-corrected chi connectivity index (χ3v) is 14.5. The van der Waals surface area contributed by atoms with Crippen LogP contribution in [-0.2, 0) is 38.0 Å². The summed E-state index contributed by atoms with van der Waals surface area (Å²) in [7, 11) is 11.1. The van der Waals surface area contributed by atoms with E-state index in [-0.39, 0.29) is 22.6 Å². The maximum Gasteiger partial charge on any atom is 0.255 e. The zero-order valence-corrected chi connectivity index (χ0v) is 48.3. The van der Waals surface area contributed by atoms with Gasteiger partial charge in [-0.05, 0) is 137 Å². The number of hydrogen-bond donors (Lipinski definition) is 2. The van der Waals surface area contributed by atoms with Crippen molar-refractivity contribution in [1.82, 2.24) is 59.3 Å². The number of methoxy groups -OCH3 is 2. The summed E-state index contributed by atoms with van der Waals surface area (Å²) in [5.41, 5.74) is 15.4. The fourth-order valence-electron chi connectivity index (χ4n) is 9.56. The Labute approximate surface area is 458 Å². The molecule has 2 N–H and O–H groups in total. The first kappa shape index (κ1) is 56.2. The standard InChI is InChI=1S/C31H39N7O2.C29H37N7O2/c1-20-10-11-22(15-28(20)38-19-27(34-35-38)25-17-32-36(6)21(25)2)30(39)33-26-16-24(31(3,4)5)14-23(29(26)40-7)18-37-12-8-9-13-37;1-18-10-11-20(13-26(18)36-17-25(32-33-36)23-15-30-35(8)19(23)2)28(37)31-24-14-22(29(3,4)5)12-21(16-34(6)7)27(24)38-9/h10-11,14-17,19H,8-9,12-13,18H2,1-7H3,(H,33,39);10-15,17H,16H2,1-9H3,(H,31,37). The number of carbonyl (C=O) groups excluding carboxylic acids is 2. The molecule has 0 atom stereocenters. The lowest BCUT2D eigenvalue weighted by molar-refractivity contribution is 0.101. The summed E-state index contributed by atoms with van der Waals surface area (Å²) in [4.78, 5) is 31.7. The minimum absolute atomic E-state index is 0.0834. The minimum atomic E-state index is -0.227. The van der Waals surface area contributed by atoms with E-state index in [0.717, 1.165) is 98.3 Å². The highest BCUT2D eigenvalue weighted by atomic mass is 16.5. The molecule has 0 aliphatic carbocycles. The van der Waals surface area contributed by atoms with Gasteiger partial charge in [0.1, 0.15) is 22.9 Å². The quantitative estimate of drug-likeness (QED) is 0.105. The van der Waals surface area contributed by atoms with Crippen molar-refractivity contribution >= 4 is 23.2 Å². The van der Waals surface area contributed by atoms with Gasteiger partial charge in [0.25, 0.3) is 11.8 Å². The van der Waals surface area contributed by atoms with Crippen molar-refractivity contribution in [2.75, 3.05) is 52.0 Å². The van der Waals surface area contributed by atoms with Crippen molar-refractivity contribution in [3.63, 3.8) is 0 Å². The molecule has 1 saturated heterocycles. The van der Waals surface area contributed by atoms with E-state index in [4.69, 9.17) is 9.47 Å². The second-order valence-electron chi connectivity index (χ2n) is 22.7. The average molecular weight is 1060 g/mol. The monoisotopic (exact) mass is 1060 g/mol. The zero-order chi connectivity index (χ0) is 56.4. The molecular weight excluding hydrogens is 981 g/mol. The molecule has 0 spiro atoms. The second kappa shape index (κ2) is 22.9. The first-order chi connectivity index (χ1) is 36.9. The van der Waals surface area contributed by atoms with Crippen LogP contribution in [0.25, 0.3) is 33.9 Å². The molecular formula is C60H76N14O4. The van der Waals surface area contributed by atoms with E-state index in [1.807, 2.05) is 121 Å². The smallest absolute Gasteiger partial charge is 0.255 e. The van der Waals surface area contributed by atoms with Crippen LogP contribution in [0.1, 0.15) is 120 Å². The molecule has 410 valence electrons. The van der Waals surface area contributed by atoms with Gasteiger partial charge in [-0.1, -0.05) is 76.2 Å². The number of benzene rings is 4. The van der Waals surface area contributed by atoms with Crippen molar-refractivity contribution in [3.8, 4) is 45.4 Å². The predicted octanol–water partition coefficient (Wildman–Crippen LogP) is 10.3. The molecule has 8 aromatic rings. The topological polar surface area (TPSA) is 180 Å². The highest BCUT2D eigenvalue weighted by molar-refractivity contribution is 6.06. The SMILES string of the molecule is COc1c(CN(C)C)cc(C(C)(C)C)cc1NC(=O)c1ccc(C)c(-n2cc(-c3cnn(C)c3C)nn2)c1.COc1c(CN2CCCC2)cc(C(C)(C)C)cc1NC(=O)c1ccc(C)c(-n2cc(-c3cnn(C)c3C)nn2)c1. The Morgan fingerprint density at radius 1 is 0.615 bits per heavy atom. The molecule has 0 saturated carbocycles. The molecule has 4 aromatic heterocycles. The molecule has 0 unspecified atom stereocenters. The van der Waals surface area contributed by atoms with Crippen molar-refractivity contribution in [3.05, 3.63) is 141 Å². The lowest BCUT2D eigenvalue weighted by Crippen LogP contribution is -2.21. The summed E-state index contributed by atoms with van der Waals surface area (Å²) in [5, 5.41) is 32.3. The van der Waals surface area contributed by atoms with Crippen LogP contribution in [-0.4, -0.2) is 113 Å². The number of anilines is 2. The van der Waals surface area contributed by atoms with E-state index in [0.29, 0.717) is 40.5 Å². The van der Waals surface area contributed by atoms with Gasteiger partial charge in [-0.25, -0.2) is 9.36 Å². The molecule has 5 heterocycles. The molecule has 0 bridgehead atoms. The zero-order valence-electron chi connectivity index (χ0n) is 48.3. The highest BCUT2D eigenvalue weighted by Crippen LogP contribution is 2.39. The molecule has 18 heteroatoms. The summed E-state index contributed by atoms with van der Waals surface area (Å²) in [5.74, 6) is 0.949. The number of aromatic nitrogens is 10. The van der Waals surface area contributed by atoms with E-state index in [1.54, 1.807) is 40.7 Å². The molecule has 0 radical (unpaired) electrons. The number of ether oxygens (including phenoxy) is 2. The second-order valence-corrected chi connectivity index (χ2v) is 22.7. The molecule has 1 aliphatic heterocycles. The van der Waals surface area contributed by atoms with Gasteiger partial charge in [0.05, 0.1) is 61.8 Å². The molecule has 2 amide bonds. The van der Waals surface area contributed by atoms with Crippen LogP contribution in [0.15, 0.2) is 85.5 Å². The number of amides is 2. The summed E-state index contributed by atoms with van der Waals surface area (Å²) in [6.07, 6.45) is 9.74. The normalized spacial score (nSPS) is 12.9. The van der Waals surface area contributed by atoms with Gasteiger partial charge >= 0.3 is 0 Å². The van der Waals surface area contributed by atoms with E-state index >= 15 is 0 Å². The number of aryl methyl sites for hydroxylation is 4. The van der Waals surface area contributed by atoms with Gasteiger partial charge < -0.3 is 25.0 Å². The van der Waals surface area contributed by atoms with Crippen LogP contribution in [0, 0.1) is 27.7 Å². The van der Waals surface area contributed by atoms with E-state index in [9.17, 15) is 9.59 Å². The van der Waals surface area contributed by atoms with Crippen LogP contribution in [0.3, 0.4) is 0 Å². The molecule has 4 aromatic carbocycles. The maximum absolute atomic E-state index is 13.6. The van der Waals surface area contributed by atoms with Gasteiger partial charge in [0.2, 0.25) is 0 Å². The lowest BCUT2D eigenvalue weighted by Gasteiger charge is -2.25. The average Bonchev–Trinajstić information content (AvgIpc) is 4.32. The first-order valence-electron chi connectivity index (χ1n) is 26.4. The lowest BCUT2D eigenvalue weighted by atomic mass is 9.85. The van der Waals surface area contributed by atoms with Crippen LogP contribution in [0.4, 0.5) is 11.4 Å². The fourth-order valence-corrected chi connectivity index (χ4v) is 9.56. The Balaban J connectivity index is 0.000000206. The Kier molecular flexibility index (Phi) is 16.5. The van der Waals surface area contributed by atoms with Gasteiger partial charge in [0.15, 0.2) is 0 Å². The summed E-state index contributed by atoms with van der Waals surface area (Å²) in [6.45, 7) is 24.7. The van der Waals surface area contributed by atoms with Crippen LogP contribution < -0.4 is 20.1 Å². The molecule has 78 heavy (non-hydrogen) atoms. The van der Waals surface area contributed by atoms with Crippen molar-refractivity contribution < 1.29 is 19.1 Å². The minimum Gasteiger partial charge on any atom is -0.494 e. The maximum atomic E-state index is 13.6. The number of carbonyl (C=O) groups is 2. The summed E-state index contributed by atoms with van der Waals surface area (Å²) < 4.78 is 18.7. The van der Waals surface area contributed by atoms with Gasteiger partial charge in [0, 0.05) is 72.0 Å². The van der Waals surface area contributed by atoms with Gasteiger partial charge in [-0.15, -0.1) is 10.2 Å². The number of nitrogens with one attached hydrogen (secondary N) is 2. The summed E-state index contributed by atoms with van der Waals surface area (Å²) in [6, 6.07) is 19.6. The number of nitrogens with zero attached hydrogens (tertiary/aromatic N) is 12. The summed E-state index contributed by atoms with van der Waals surface area (Å²) >= 11 is 0. The third kappa shape index (κ3) is 12.4. The van der Waals surface area contributed by atoms with Gasteiger partial charge in [-0.3, -0.25) is 23.9 Å². The predicted molar refractivity (Wildman–Crippen MR) is 307 cm³/mol. The van der Waals surface area contributed by atoms with Crippen molar-refractivity contribution in [2.24, 2.45) is 14.1 Å². The molecule has 18 nitrogen and oxygen atoms in total. The largest absolute Gasteiger partial charge is 0.494 e. The number of hydrogen-bond acceptors (Lipinski definition) is 12. The fraction of sp³-hybridized carbons (Fsp3) is 0.400. The number of rotatable bonds is 14. The number of likely N-dealkylation sites (tertiary alicyclic amines) is 1.